The van der Waals surface area contributed by atoms with Gasteiger partial charge in [0.05, 0.1) is 0 Å². The smallest absolute Gasteiger partial charge is 0.132 e. The molecule has 5 heteroatoms. The van der Waals surface area contributed by atoms with Gasteiger partial charge in [-0.05, 0) is 19.3 Å². The Morgan fingerprint density at radius 2 is 1.94 bits per heavy atom. The van der Waals surface area contributed by atoms with E-state index < -0.39 is 0 Å². The minimum Gasteiger partial charge on any atom is -0.396 e. The summed E-state index contributed by atoms with van der Waals surface area (Å²) in [6.07, 6.45) is 0.718. The SMILES string of the molecule is CNc1cc(NC(CCO)C(C)C)nc(C)n1. The van der Waals surface area contributed by atoms with Crippen LogP contribution in [0.3, 0.4) is 0 Å². The summed E-state index contributed by atoms with van der Waals surface area (Å²) < 4.78 is 0. The number of hydrogen-bond acceptors (Lipinski definition) is 5. The Morgan fingerprint density at radius 3 is 2.47 bits per heavy atom. The molecule has 0 aromatic carbocycles. The van der Waals surface area contributed by atoms with Crippen LogP contribution in [-0.4, -0.2) is 34.8 Å². The largest absolute Gasteiger partial charge is 0.396 e. The summed E-state index contributed by atoms with van der Waals surface area (Å²) >= 11 is 0. The Balaban J connectivity index is 2.81. The second-order valence-electron chi connectivity index (χ2n) is 4.44. The number of aromatic nitrogens is 2. The monoisotopic (exact) mass is 238 g/mol. The Bertz CT molecular complexity index is 354. The van der Waals surface area contributed by atoms with E-state index in [1.165, 1.54) is 0 Å². The van der Waals surface area contributed by atoms with Crippen molar-refractivity contribution in [1.29, 1.82) is 0 Å². The Labute approximate surface area is 103 Å². The van der Waals surface area contributed by atoms with Crippen LogP contribution in [0.4, 0.5) is 11.6 Å². The van der Waals surface area contributed by atoms with Crippen LogP contribution in [0.5, 0.6) is 0 Å². The number of aliphatic hydroxyl groups is 1. The van der Waals surface area contributed by atoms with Gasteiger partial charge in [0.15, 0.2) is 0 Å². The summed E-state index contributed by atoms with van der Waals surface area (Å²) in [7, 11) is 1.83. The van der Waals surface area contributed by atoms with E-state index in [1.54, 1.807) is 0 Å². The molecule has 17 heavy (non-hydrogen) atoms. The van der Waals surface area contributed by atoms with Crippen molar-refractivity contribution >= 4 is 11.6 Å². The molecule has 0 aliphatic carbocycles. The molecule has 1 aromatic heterocycles. The fraction of sp³-hybridized carbons (Fsp3) is 0.667. The molecule has 0 radical (unpaired) electrons. The van der Waals surface area contributed by atoms with Crippen LogP contribution in [0.1, 0.15) is 26.1 Å². The summed E-state index contributed by atoms with van der Waals surface area (Å²) in [6, 6.07) is 2.10. The van der Waals surface area contributed by atoms with Crippen LogP contribution < -0.4 is 10.6 Å². The molecule has 3 N–H and O–H groups in total. The zero-order valence-corrected chi connectivity index (χ0v) is 11.0. The van der Waals surface area contributed by atoms with Gasteiger partial charge in [-0.1, -0.05) is 13.8 Å². The van der Waals surface area contributed by atoms with Crippen LogP contribution in [-0.2, 0) is 0 Å². The van der Waals surface area contributed by atoms with Crippen LogP contribution in [0.25, 0.3) is 0 Å². The first kappa shape index (κ1) is 13.7. The summed E-state index contributed by atoms with van der Waals surface area (Å²) in [5, 5.41) is 15.4. The average Bonchev–Trinajstić information content (AvgIpc) is 2.27. The Kier molecular flexibility index (Phi) is 5.15. The molecule has 0 aliphatic rings. The molecule has 0 saturated carbocycles. The topological polar surface area (TPSA) is 70.1 Å². The van der Waals surface area contributed by atoms with Crippen LogP contribution in [0, 0.1) is 12.8 Å². The predicted octanol–water partition coefficient (Wildman–Crippen LogP) is 1.65. The van der Waals surface area contributed by atoms with Crippen molar-refractivity contribution < 1.29 is 5.11 Å². The highest BCUT2D eigenvalue weighted by Gasteiger charge is 2.13. The summed E-state index contributed by atoms with van der Waals surface area (Å²) in [4.78, 5) is 8.58. The molecule has 96 valence electrons. The van der Waals surface area contributed by atoms with E-state index in [0.29, 0.717) is 5.92 Å². The van der Waals surface area contributed by atoms with Gasteiger partial charge in [-0.15, -0.1) is 0 Å². The second kappa shape index (κ2) is 6.39. The maximum Gasteiger partial charge on any atom is 0.132 e. The quantitative estimate of drug-likeness (QED) is 0.703. The maximum absolute atomic E-state index is 9.03. The molecule has 0 spiro atoms. The maximum atomic E-state index is 9.03. The third-order valence-corrected chi connectivity index (χ3v) is 2.67. The minimum absolute atomic E-state index is 0.179. The highest BCUT2D eigenvalue weighted by Crippen LogP contribution is 2.16. The molecule has 1 heterocycles. The van der Waals surface area contributed by atoms with Crippen molar-refractivity contribution in [3.05, 3.63) is 11.9 Å². The first-order valence-corrected chi connectivity index (χ1v) is 5.97. The van der Waals surface area contributed by atoms with Gasteiger partial charge in [0, 0.05) is 25.8 Å². The van der Waals surface area contributed by atoms with Gasteiger partial charge in [-0.2, -0.15) is 0 Å². The summed E-state index contributed by atoms with van der Waals surface area (Å²) in [5.74, 6) is 2.77. The molecule has 0 bridgehead atoms. The highest BCUT2D eigenvalue weighted by atomic mass is 16.3. The summed E-state index contributed by atoms with van der Waals surface area (Å²) in [6.45, 7) is 6.29. The molecular formula is C12H22N4O. The number of rotatable bonds is 6. The molecule has 1 atom stereocenters. The van der Waals surface area contributed by atoms with E-state index in [4.69, 9.17) is 5.11 Å². The van der Waals surface area contributed by atoms with Gasteiger partial charge in [-0.3, -0.25) is 0 Å². The van der Waals surface area contributed by atoms with E-state index in [0.717, 1.165) is 23.9 Å². The molecule has 0 aliphatic heterocycles. The van der Waals surface area contributed by atoms with Gasteiger partial charge in [0.2, 0.25) is 0 Å². The molecule has 0 amide bonds. The lowest BCUT2D eigenvalue weighted by Gasteiger charge is -2.22. The molecular weight excluding hydrogens is 216 g/mol. The Hall–Kier alpha value is -1.36. The van der Waals surface area contributed by atoms with Gasteiger partial charge < -0.3 is 15.7 Å². The van der Waals surface area contributed by atoms with E-state index in [9.17, 15) is 0 Å². The van der Waals surface area contributed by atoms with Gasteiger partial charge in [0.25, 0.3) is 0 Å². The normalized spacial score (nSPS) is 12.6. The number of anilines is 2. The molecule has 0 saturated heterocycles. The number of aryl methyl sites for hydroxylation is 1. The lowest BCUT2D eigenvalue weighted by atomic mass is 10.0. The molecule has 0 fully saturated rings. The average molecular weight is 238 g/mol. The van der Waals surface area contributed by atoms with E-state index in [1.807, 2.05) is 20.0 Å². The van der Waals surface area contributed by atoms with Crippen molar-refractivity contribution in [2.45, 2.75) is 33.2 Å². The Morgan fingerprint density at radius 1 is 1.29 bits per heavy atom. The summed E-state index contributed by atoms with van der Waals surface area (Å²) in [5.41, 5.74) is 0. The van der Waals surface area contributed by atoms with Gasteiger partial charge >= 0.3 is 0 Å². The predicted molar refractivity (Wildman–Crippen MR) is 70.3 cm³/mol. The number of nitrogens with zero attached hydrogens (tertiary/aromatic N) is 2. The highest BCUT2D eigenvalue weighted by molar-refractivity contribution is 5.47. The number of nitrogens with one attached hydrogen (secondary N) is 2. The lowest BCUT2D eigenvalue weighted by molar-refractivity contribution is 0.267. The van der Waals surface area contributed by atoms with E-state index in [-0.39, 0.29) is 12.6 Å². The van der Waals surface area contributed by atoms with Gasteiger partial charge in [0.1, 0.15) is 17.5 Å². The van der Waals surface area contributed by atoms with Gasteiger partial charge in [-0.25, -0.2) is 9.97 Å². The molecule has 1 unspecified atom stereocenters. The fourth-order valence-corrected chi connectivity index (χ4v) is 1.67. The zero-order chi connectivity index (χ0) is 12.8. The first-order valence-electron chi connectivity index (χ1n) is 5.97. The number of hydrogen-bond donors (Lipinski definition) is 3. The van der Waals surface area contributed by atoms with Crippen molar-refractivity contribution in [1.82, 2.24) is 9.97 Å². The minimum atomic E-state index is 0.179. The van der Waals surface area contributed by atoms with Crippen molar-refractivity contribution in [3.63, 3.8) is 0 Å². The van der Waals surface area contributed by atoms with Crippen LogP contribution in [0.15, 0.2) is 6.07 Å². The van der Waals surface area contributed by atoms with Crippen molar-refractivity contribution in [3.8, 4) is 0 Å². The van der Waals surface area contributed by atoms with Crippen LogP contribution in [0.2, 0.25) is 0 Å². The fourth-order valence-electron chi connectivity index (χ4n) is 1.67. The second-order valence-corrected chi connectivity index (χ2v) is 4.44. The van der Waals surface area contributed by atoms with Crippen molar-refractivity contribution in [2.75, 3.05) is 24.3 Å². The lowest BCUT2D eigenvalue weighted by Crippen LogP contribution is -2.27. The van der Waals surface area contributed by atoms with Crippen LogP contribution >= 0.6 is 0 Å². The third-order valence-electron chi connectivity index (χ3n) is 2.67. The zero-order valence-electron chi connectivity index (χ0n) is 11.0. The molecule has 1 rings (SSSR count). The van der Waals surface area contributed by atoms with Crippen molar-refractivity contribution in [2.24, 2.45) is 5.92 Å². The third kappa shape index (κ3) is 4.19. The molecule has 1 aromatic rings. The molecule has 5 nitrogen and oxygen atoms in total. The first-order chi connectivity index (χ1) is 8.06. The number of aliphatic hydroxyl groups excluding tert-OH is 1. The standard InChI is InChI=1S/C12H22N4O/c1-8(2)10(5-6-17)16-12-7-11(13-4)14-9(3)15-12/h7-8,10,17H,5-6H2,1-4H3,(H2,13,14,15,16). The van der Waals surface area contributed by atoms with E-state index in [2.05, 4.69) is 34.4 Å². The van der Waals surface area contributed by atoms with E-state index >= 15 is 0 Å².